The SMILES string of the molecule is Cc1nc(/C=C\C(=O)N2CCC(c3nnc4n3CCC4)CC2)cs1. The molecule has 0 spiro atoms. The molecule has 4 heterocycles. The van der Waals surface area contributed by atoms with Crippen LogP contribution in [0.5, 0.6) is 0 Å². The van der Waals surface area contributed by atoms with Gasteiger partial charge in [-0.3, -0.25) is 4.79 Å². The summed E-state index contributed by atoms with van der Waals surface area (Å²) in [5.74, 6) is 2.76. The second-order valence-electron chi connectivity index (χ2n) is 6.45. The van der Waals surface area contributed by atoms with Crippen LogP contribution >= 0.6 is 11.3 Å². The minimum absolute atomic E-state index is 0.0746. The van der Waals surface area contributed by atoms with Gasteiger partial charge in [0.2, 0.25) is 5.91 Å². The van der Waals surface area contributed by atoms with E-state index in [2.05, 4.69) is 19.7 Å². The molecule has 1 amide bonds. The van der Waals surface area contributed by atoms with Gasteiger partial charge in [-0.15, -0.1) is 21.5 Å². The number of nitrogens with zero attached hydrogens (tertiary/aromatic N) is 5. The summed E-state index contributed by atoms with van der Waals surface area (Å²) in [5, 5.41) is 11.7. The third-order valence-electron chi connectivity index (χ3n) is 4.84. The fourth-order valence-corrected chi connectivity index (χ4v) is 4.13. The fourth-order valence-electron chi connectivity index (χ4n) is 3.55. The molecule has 24 heavy (non-hydrogen) atoms. The van der Waals surface area contributed by atoms with Crippen LogP contribution in [0.3, 0.4) is 0 Å². The standard InChI is InChI=1S/C17H21N5OS/c1-12-18-14(11-24-12)4-5-16(23)21-9-6-13(7-10-21)17-20-19-15-3-2-8-22(15)17/h4-5,11,13H,2-3,6-10H2,1H3/b5-4-. The number of thiazole rings is 1. The summed E-state index contributed by atoms with van der Waals surface area (Å²) in [4.78, 5) is 18.6. The van der Waals surface area contributed by atoms with Crippen molar-refractivity contribution in [3.63, 3.8) is 0 Å². The number of rotatable bonds is 3. The van der Waals surface area contributed by atoms with E-state index in [-0.39, 0.29) is 5.91 Å². The van der Waals surface area contributed by atoms with Gasteiger partial charge in [-0.05, 0) is 32.3 Å². The van der Waals surface area contributed by atoms with Crippen molar-refractivity contribution in [1.29, 1.82) is 0 Å². The van der Waals surface area contributed by atoms with Crippen molar-refractivity contribution < 1.29 is 4.79 Å². The first-order chi connectivity index (χ1) is 11.7. The number of carbonyl (C=O) groups excluding carboxylic acids is 1. The zero-order valence-corrected chi connectivity index (χ0v) is 14.6. The molecular weight excluding hydrogens is 322 g/mol. The molecule has 0 aliphatic carbocycles. The monoisotopic (exact) mass is 343 g/mol. The van der Waals surface area contributed by atoms with Crippen LogP contribution in [0.1, 0.15) is 47.5 Å². The maximum absolute atomic E-state index is 12.3. The van der Waals surface area contributed by atoms with Crippen molar-refractivity contribution in [1.82, 2.24) is 24.6 Å². The summed E-state index contributed by atoms with van der Waals surface area (Å²) in [5.41, 5.74) is 0.861. The molecule has 0 unspecified atom stereocenters. The fraction of sp³-hybridized carbons (Fsp3) is 0.529. The second-order valence-corrected chi connectivity index (χ2v) is 7.52. The summed E-state index contributed by atoms with van der Waals surface area (Å²) >= 11 is 1.60. The van der Waals surface area contributed by atoms with E-state index in [1.54, 1.807) is 17.4 Å². The second kappa shape index (κ2) is 6.47. The topological polar surface area (TPSA) is 63.9 Å². The highest BCUT2D eigenvalue weighted by atomic mass is 32.1. The van der Waals surface area contributed by atoms with Gasteiger partial charge in [0.25, 0.3) is 0 Å². The Morgan fingerprint density at radius 3 is 2.88 bits per heavy atom. The van der Waals surface area contributed by atoms with Gasteiger partial charge in [0.1, 0.15) is 11.6 Å². The van der Waals surface area contributed by atoms with Gasteiger partial charge in [-0.2, -0.15) is 0 Å². The number of hydrogen-bond acceptors (Lipinski definition) is 5. The molecule has 2 aliphatic rings. The van der Waals surface area contributed by atoms with Crippen molar-refractivity contribution in [2.24, 2.45) is 0 Å². The lowest BCUT2D eigenvalue weighted by Crippen LogP contribution is -2.37. The summed E-state index contributed by atoms with van der Waals surface area (Å²) in [6, 6.07) is 0. The van der Waals surface area contributed by atoms with E-state index in [4.69, 9.17) is 0 Å². The van der Waals surface area contributed by atoms with Crippen LogP contribution in [0, 0.1) is 6.92 Å². The van der Waals surface area contributed by atoms with E-state index in [9.17, 15) is 4.79 Å². The Labute approximate surface area is 145 Å². The molecule has 2 aliphatic heterocycles. The highest BCUT2D eigenvalue weighted by Crippen LogP contribution is 2.29. The van der Waals surface area contributed by atoms with Crippen LogP contribution in [0.25, 0.3) is 6.08 Å². The Bertz CT molecular complexity index is 770. The van der Waals surface area contributed by atoms with E-state index in [0.717, 1.165) is 61.2 Å². The highest BCUT2D eigenvalue weighted by molar-refractivity contribution is 7.09. The van der Waals surface area contributed by atoms with Crippen molar-refractivity contribution >= 4 is 23.3 Å². The van der Waals surface area contributed by atoms with Crippen molar-refractivity contribution in [2.45, 2.75) is 45.1 Å². The number of amides is 1. The number of piperidine rings is 1. The predicted molar refractivity (Wildman–Crippen MR) is 92.8 cm³/mol. The lowest BCUT2D eigenvalue weighted by molar-refractivity contribution is -0.127. The van der Waals surface area contributed by atoms with Gasteiger partial charge < -0.3 is 9.47 Å². The Morgan fingerprint density at radius 1 is 1.29 bits per heavy atom. The van der Waals surface area contributed by atoms with Gasteiger partial charge in [0.15, 0.2) is 0 Å². The van der Waals surface area contributed by atoms with Gasteiger partial charge in [0, 0.05) is 43.4 Å². The van der Waals surface area contributed by atoms with Crippen LogP contribution in [0.4, 0.5) is 0 Å². The van der Waals surface area contributed by atoms with E-state index in [1.165, 1.54) is 6.42 Å². The smallest absolute Gasteiger partial charge is 0.246 e. The van der Waals surface area contributed by atoms with Gasteiger partial charge in [-0.25, -0.2) is 4.98 Å². The third-order valence-corrected chi connectivity index (χ3v) is 5.64. The number of aromatic nitrogens is 4. The first-order valence-corrected chi connectivity index (χ1v) is 9.40. The third kappa shape index (κ3) is 3.00. The van der Waals surface area contributed by atoms with Crippen molar-refractivity contribution in [2.75, 3.05) is 13.1 Å². The van der Waals surface area contributed by atoms with Crippen LogP contribution in [0.2, 0.25) is 0 Å². The summed E-state index contributed by atoms with van der Waals surface area (Å²) in [7, 11) is 0. The molecular formula is C17H21N5OS. The van der Waals surface area contributed by atoms with Gasteiger partial charge in [0.05, 0.1) is 10.7 Å². The normalized spacial score (nSPS) is 18.5. The van der Waals surface area contributed by atoms with E-state index >= 15 is 0 Å². The molecule has 1 fully saturated rings. The molecule has 0 aromatic carbocycles. The molecule has 126 valence electrons. The Kier molecular flexibility index (Phi) is 4.18. The summed E-state index contributed by atoms with van der Waals surface area (Å²) in [6.45, 7) is 4.58. The number of fused-ring (bicyclic) bond motifs is 1. The predicted octanol–water partition coefficient (Wildman–Crippen LogP) is 2.41. The zero-order chi connectivity index (χ0) is 16.5. The summed E-state index contributed by atoms with van der Waals surface area (Å²) < 4.78 is 2.28. The maximum atomic E-state index is 12.3. The van der Waals surface area contributed by atoms with Gasteiger partial charge in [-0.1, -0.05) is 0 Å². The minimum atomic E-state index is 0.0746. The molecule has 0 atom stereocenters. The van der Waals surface area contributed by atoms with Crippen LogP contribution in [-0.2, 0) is 17.8 Å². The number of carbonyl (C=O) groups is 1. The highest BCUT2D eigenvalue weighted by Gasteiger charge is 2.28. The molecule has 0 saturated carbocycles. The lowest BCUT2D eigenvalue weighted by Gasteiger charge is -2.30. The molecule has 7 heteroatoms. The Balaban J connectivity index is 1.35. The maximum Gasteiger partial charge on any atom is 0.246 e. The van der Waals surface area contributed by atoms with Crippen molar-refractivity contribution in [3.8, 4) is 0 Å². The average Bonchev–Trinajstić information content (AvgIpc) is 3.29. The minimum Gasteiger partial charge on any atom is -0.339 e. The van der Waals surface area contributed by atoms with Gasteiger partial charge >= 0.3 is 0 Å². The lowest BCUT2D eigenvalue weighted by atomic mass is 9.96. The molecule has 4 rings (SSSR count). The Hall–Kier alpha value is -2.02. The first-order valence-electron chi connectivity index (χ1n) is 8.52. The van der Waals surface area contributed by atoms with E-state index in [1.807, 2.05) is 23.3 Å². The molecule has 2 aromatic heterocycles. The average molecular weight is 343 g/mol. The molecule has 0 N–H and O–H groups in total. The number of hydrogen-bond donors (Lipinski definition) is 0. The van der Waals surface area contributed by atoms with Crippen molar-refractivity contribution in [3.05, 3.63) is 33.8 Å². The van der Waals surface area contributed by atoms with Crippen LogP contribution in [-0.4, -0.2) is 43.6 Å². The van der Waals surface area contributed by atoms with E-state index < -0.39 is 0 Å². The number of likely N-dealkylation sites (tertiary alicyclic amines) is 1. The van der Waals surface area contributed by atoms with Crippen LogP contribution in [0.15, 0.2) is 11.5 Å². The first kappa shape index (κ1) is 15.5. The largest absolute Gasteiger partial charge is 0.339 e. The molecule has 6 nitrogen and oxygen atoms in total. The molecule has 0 bridgehead atoms. The quantitative estimate of drug-likeness (QED) is 0.803. The molecule has 1 saturated heterocycles. The van der Waals surface area contributed by atoms with Crippen LogP contribution < -0.4 is 0 Å². The molecule has 2 aromatic rings. The molecule has 0 radical (unpaired) electrons. The Morgan fingerprint density at radius 2 is 2.12 bits per heavy atom. The zero-order valence-electron chi connectivity index (χ0n) is 13.8. The van der Waals surface area contributed by atoms with E-state index in [0.29, 0.717) is 5.92 Å². The number of aryl methyl sites for hydroxylation is 2. The summed E-state index contributed by atoms with van der Waals surface area (Å²) in [6.07, 6.45) is 7.61.